The maximum atomic E-state index is 13.9. The molecule has 184 valence electrons. The molecule has 3 aromatic heterocycles. The molecule has 1 N–H and O–H groups in total. The highest BCUT2D eigenvalue weighted by molar-refractivity contribution is 7.19. The number of nitrogens with zero attached hydrogens (tertiary/aromatic N) is 3. The van der Waals surface area contributed by atoms with Gasteiger partial charge in [0.2, 0.25) is 5.88 Å². The van der Waals surface area contributed by atoms with Gasteiger partial charge >= 0.3 is 6.09 Å². The average molecular weight is 517 g/mol. The molecule has 4 heterocycles. The highest BCUT2D eigenvalue weighted by Gasteiger charge is 2.24. The van der Waals surface area contributed by atoms with Gasteiger partial charge in [-0.3, -0.25) is 0 Å². The zero-order chi connectivity index (χ0) is 24.5. The molecule has 0 bridgehead atoms. The van der Waals surface area contributed by atoms with E-state index < -0.39 is 6.09 Å². The third-order valence-electron chi connectivity index (χ3n) is 6.30. The molecule has 0 radical (unpaired) electrons. The molecule has 1 fully saturated rings. The van der Waals surface area contributed by atoms with Crippen molar-refractivity contribution in [3.8, 4) is 16.5 Å². The Bertz CT molecular complexity index is 1340. The summed E-state index contributed by atoms with van der Waals surface area (Å²) < 4.78 is 27.6. The van der Waals surface area contributed by atoms with Crippen molar-refractivity contribution in [3.05, 3.63) is 58.3 Å². The van der Waals surface area contributed by atoms with Gasteiger partial charge in [0.05, 0.1) is 21.3 Å². The van der Waals surface area contributed by atoms with E-state index in [1.54, 1.807) is 22.8 Å². The minimum atomic E-state index is -0.522. The van der Waals surface area contributed by atoms with Crippen molar-refractivity contribution in [2.45, 2.75) is 45.3 Å². The molecular weight excluding hydrogens is 491 g/mol. The molecule has 7 nitrogen and oxygen atoms in total. The number of carbonyl (C=O) groups is 1. The summed E-state index contributed by atoms with van der Waals surface area (Å²) in [5, 5.41) is 7.78. The summed E-state index contributed by atoms with van der Waals surface area (Å²) in [5.74, 6) is 0.555. The normalized spacial score (nSPS) is 15.2. The van der Waals surface area contributed by atoms with E-state index in [4.69, 9.17) is 20.9 Å². The van der Waals surface area contributed by atoms with Gasteiger partial charge in [-0.1, -0.05) is 16.8 Å². The van der Waals surface area contributed by atoms with Gasteiger partial charge in [0.25, 0.3) is 0 Å². The fourth-order valence-electron chi connectivity index (χ4n) is 4.43. The molecule has 0 aliphatic carbocycles. The van der Waals surface area contributed by atoms with Crippen LogP contribution in [-0.2, 0) is 6.54 Å². The summed E-state index contributed by atoms with van der Waals surface area (Å²) >= 11 is 7.43. The van der Waals surface area contributed by atoms with Gasteiger partial charge in [-0.15, -0.1) is 11.3 Å². The predicted octanol–water partition coefficient (Wildman–Crippen LogP) is 6.16. The number of benzene rings is 1. The van der Waals surface area contributed by atoms with Gasteiger partial charge in [-0.05, 0) is 57.0 Å². The topological polar surface area (TPSA) is 72.5 Å². The van der Waals surface area contributed by atoms with Crippen LogP contribution < -0.4 is 10.1 Å². The van der Waals surface area contributed by atoms with Gasteiger partial charge in [0, 0.05) is 42.7 Å². The predicted molar refractivity (Wildman–Crippen MR) is 135 cm³/mol. The highest BCUT2D eigenvalue weighted by atomic mass is 35.5. The monoisotopic (exact) mass is 516 g/mol. The Hall–Kier alpha value is -2.88. The second-order valence-corrected chi connectivity index (χ2v) is 10.7. The van der Waals surface area contributed by atoms with Crippen LogP contribution in [0.5, 0.6) is 5.88 Å². The Morgan fingerprint density at radius 2 is 2.06 bits per heavy atom. The summed E-state index contributed by atoms with van der Waals surface area (Å²) in [7, 11) is 0. The van der Waals surface area contributed by atoms with Crippen LogP contribution in [0.1, 0.15) is 32.4 Å². The molecular formula is C25H26ClFN4O3S. The van der Waals surface area contributed by atoms with E-state index in [0.29, 0.717) is 33.1 Å². The standard InChI is InChI=1S/C25H26ClFN4O3S/c1-15(2)30-9-7-18(8-10-30)28-25(32)33-24-12-16-11-17(27)3-4-20(16)31(24)14-19-13-21(34-29-19)22-5-6-23(26)35-22/h3-6,11-13,15,18H,7-10,14H2,1-2H3,(H,28,32). The van der Waals surface area contributed by atoms with Gasteiger partial charge in [-0.2, -0.15) is 0 Å². The third-order valence-corrected chi connectivity index (χ3v) is 7.55. The molecule has 0 spiro atoms. The van der Waals surface area contributed by atoms with Crippen LogP contribution >= 0.6 is 22.9 Å². The fourth-order valence-corrected chi connectivity index (χ4v) is 5.42. The Kier molecular flexibility index (Phi) is 6.82. The molecule has 0 unspecified atom stereocenters. The Morgan fingerprint density at radius 1 is 1.26 bits per heavy atom. The van der Waals surface area contributed by atoms with Crippen LogP contribution in [0.25, 0.3) is 21.5 Å². The molecule has 0 atom stereocenters. The number of hydrogen-bond donors (Lipinski definition) is 1. The number of carbonyl (C=O) groups excluding carboxylic acids is 1. The minimum Gasteiger partial charge on any atom is -0.393 e. The van der Waals surface area contributed by atoms with Crippen LogP contribution in [-0.4, -0.2) is 45.9 Å². The summed E-state index contributed by atoms with van der Waals surface area (Å²) in [6, 6.07) is 12.2. The van der Waals surface area contributed by atoms with Gasteiger partial charge in [0.15, 0.2) is 5.76 Å². The lowest BCUT2D eigenvalue weighted by Gasteiger charge is -2.34. The lowest BCUT2D eigenvalue weighted by molar-refractivity contribution is 0.151. The van der Waals surface area contributed by atoms with Crippen molar-refractivity contribution in [2.75, 3.05) is 13.1 Å². The maximum absolute atomic E-state index is 13.9. The molecule has 1 aromatic carbocycles. The smallest absolute Gasteiger partial charge is 0.393 e. The number of halogens is 2. The zero-order valence-electron chi connectivity index (χ0n) is 19.5. The van der Waals surface area contributed by atoms with E-state index in [2.05, 4.69) is 29.2 Å². The van der Waals surface area contributed by atoms with Crippen LogP contribution in [0.15, 0.2) is 47.0 Å². The number of thiophene rings is 1. The largest absolute Gasteiger partial charge is 0.414 e. The fraction of sp³-hybridized carbons (Fsp3) is 0.360. The first-order valence-corrected chi connectivity index (χ1v) is 12.8. The zero-order valence-corrected chi connectivity index (χ0v) is 21.0. The summed E-state index contributed by atoms with van der Waals surface area (Å²) in [6.07, 6.45) is 1.22. The lowest BCUT2D eigenvalue weighted by Crippen LogP contribution is -2.47. The quantitative estimate of drug-likeness (QED) is 0.332. The molecule has 4 aromatic rings. The van der Waals surface area contributed by atoms with E-state index in [0.717, 1.165) is 36.3 Å². The molecule has 35 heavy (non-hydrogen) atoms. The molecule has 1 aliphatic heterocycles. The SMILES string of the molecule is CC(C)N1CCC(NC(=O)Oc2cc3cc(F)ccc3n2Cc2cc(-c3ccc(Cl)s3)on2)CC1. The first kappa shape index (κ1) is 23.8. The van der Waals surface area contributed by atoms with E-state index in [1.807, 2.05) is 12.1 Å². The Labute approximate surface area is 211 Å². The summed E-state index contributed by atoms with van der Waals surface area (Å²) in [4.78, 5) is 16.0. The summed E-state index contributed by atoms with van der Waals surface area (Å²) in [5.41, 5.74) is 1.36. The number of aromatic nitrogens is 2. The van der Waals surface area contributed by atoms with E-state index in [1.165, 1.54) is 23.5 Å². The van der Waals surface area contributed by atoms with E-state index >= 15 is 0 Å². The number of fused-ring (bicyclic) bond motifs is 1. The third kappa shape index (κ3) is 5.37. The van der Waals surface area contributed by atoms with Crippen LogP contribution in [0, 0.1) is 5.82 Å². The van der Waals surface area contributed by atoms with Gasteiger partial charge in [0.1, 0.15) is 11.5 Å². The van der Waals surface area contributed by atoms with Gasteiger partial charge < -0.3 is 24.0 Å². The highest BCUT2D eigenvalue weighted by Crippen LogP contribution is 2.32. The van der Waals surface area contributed by atoms with Crippen LogP contribution in [0.2, 0.25) is 4.34 Å². The first-order valence-electron chi connectivity index (χ1n) is 11.6. The number of nitrogens with one attached hydrogen (secondary N) is 1. The number of piperidine rings is 1. The van der Waals surface area contributed by atoms with Crippen molar-refractivity contribution < 1.29 is 18.4 Å². The molecule has 1 saturated heterocycles. The van der Waals surface area contributed by atoms with Crippen molar-refractivity contribution in [1.82, 2.24) is 19.9 Å². The van der Waals surface area contributed by atoms with E-state index in [-0.39, 0.29) is 18.4 Å². The maximum Gasteiger partial charge on any atom is 0.414 e. The molecule has 5 rings (SSSR count). The Morgan fingerprint density at radius 3 is 2.77 bits per heavy atom. The summed E-state index contributed by atoms with van der Waals surface area (Å²) in [6.45, 7) is 6.51. The number of likely N-dealkylation sites (tertiary alicyclic amines) is 1. The second kappa shape index (κ2) is 10.0. The number of ether oxygens (including phenoxy) is 1. The number of hydrogen-bond acceptors (Lipinski definition) is 6. The van der Waals surface area contributed by atoms with Crippen molar-refractivity contribution in [1.29, 1.82) is 0 Å². The van der Waals surface area contributed by atoms with E-state index in [9.17, 15) is 9.18 Å². The number of amides is 1. The minimum absolute atomic E-state index is 0.0588. The molecule has 1 aliphatic rings. The molecule has 0 saturated carbocycles. The average Bonchev–Trinajstić information content (AvgIpc) is 3.53. The van der Waals surface area contributed by atoms with Crippen molar-refractivity contribution in [3.63, 3.8) is 0 Å². The van der Waals surface area contributed by atoms with Crippen molar-refractivity contribution in [2.24, 2.45) is 0 Å². The molecule has 10 heteroatoms. The van der Waals surface area contributed by atoms with Crippen molar-refractivity contribution >= 4 is 39.9 Å². The van der Waals surface area contributed by atoms with Gasteiger partial charge in [-0.25, -0.2) is 9.18 Å². The Balaban J connectivity index is 1.34. The second-order valence-electron chi connectivity index (χ2n) is 9.00. The molecule has 1 amide bonds. The lowest BCUT2D eigenvalue weighted by atomic mass is 10.0. The number of rotatable bonds is 6. The van der Waals surface area contributed by atoms with Crippen LogP contribution in [0.4, 0.5) is 9.18 Å². The first-order chi connectivity index (χ1) is 16.9. The van der Waals surface area contributed by atoms with Crippen LogP contribution in [0.3, 0.4) is 0 Å².